The molecule has 0 rings (SSSR count). The highest BCUT2D eigenvalue weighted by Gasteiger charge is 2.06. The highest BCUT2D eigenvalue weighted by Crippen LogP contribution is 2.16. The third-order valence-corrected chi connectivity index (χ3v) is 1.05. The molecule has 0 saturated heterocycles. The maximum absolute atomic E-state index is 12.7. The van der Waals surface area contributed by atoms with Crippen LogP contribution in [-0.2, 0) is 4.74 Å². The van der Waals surface area contributed by atoms with E-state index in [0.717, 1.165) is 0 Å². The van der Waals surface area contributed by atoms with Crippen molar-refractivity contribution in [3.8, 4) is 0 Å². The Labute approximate surface area is 67.6 Å². The van der Waals surface area contributed by atoms with Crippen molar-refractivity contribution in [3.63, 3.8) is 0 Å². The van der Waals surface area contributed by atoms with E-state index in [1.54, 1.807) is 6.92 Å². The molecule has 0 N–H and O–H groups in total. The van der Waals surface area contributed by atoms with Crippen LogP contribution in [0.15, 0.2) is 23.7 Å². The average molecular weight is 158 g/mol. The Hall–Kier alpha value is -0.790. The molecule has 0 bridgehead atoms. The number of halogens is 1. The number of hydrogen-bond donors (Lipinski definition) is 0. The largest absolute Gasteiger partial charge is 0.488 e. The summed E-state index contributed by atoms with van der Waals surface area (Å²) < 4.78 is 17.8. The van der Waals surface area contributed by atoms with Crippen LogP contribution in [0.5, 0.6) is 0 Å². The summed E-state index contributed by atoms with van der Waals surface area (Å²) in [6.07, 6.45) is -0.00704. The standard InChI is InChI=1S/C9H15FO/c1-6(2)9(8(5)10)11-7(3)4/h7H,1H2,2-5H3. The van der Waals surface area contributed by atoms with Crippen molar-refractivity contribution in [3.05, 3.63) is 23.7 Å². The number of ether oxygens (including phenoxy) is 1. The van der Waals surface area contributed by atoms with Crippen molar-refractivity contribution in [1.82, 2.24) is 0 Å². The van der Waals surface area contributed by atoms with Gasteiger partial charge in [-0.05, 0) is 33.3 Å². The van der Waals surface area contributed by atoms with Gasteiger partial charge in [-0.15, -0.1) is 0 Å². The molecular weight excluding hydrogens is 143 g/mol. The van der Waals surface area contributed by atoms with Gasteiger partial charge in [-0.2, -0.15) is 0 Å². The predicted octanol–water partition coefficient (Wildman–Crippen LogP) is 3.19. The first-order valence-corrected chi connectivity index (χ1v) is 3.64. The van der Waals surface area contributed by atoms with Gasteiger partial charge in [0.1, 0.15) is 5.83 Å². The Kier molecular flexibility index (Phi) is 3.86. The van der Waals surface area contributed by atoms with Gasteiger partial charge >= 0.3 is 0 Å². The molecule has 0 saturated carbocycles. The van der Waals surface area contributed by atoms with Gasteiger partial charge in [-0.25, -0.2) is 4.39 Å². The molecule has 1 nitrogen and oxygen atoms in total. The molecule has 0 aromatic carbocycles. The Morgan fingerprint density at radius 2 is 1.82 bits per heavy atom. The number of hydrogen-bond acceptors (Lipinski definition) is 1. The summed E-state index contributed by atoms with van der Waals surface area (Å²) in [5.41, 5.74) is 0.624. The summed E-state index contributed by atoms with van der Waals surface area (Å²) in [4.78, 5) is 0. The van der Waals surface area contributed by atoms with Gasteiger partial charge < -0.3 is 4.74 Å². The van der Waals surface area contributed by atoms with Crippen LogP contribution < -0.4 is 0 Å². The van der Waals surface area contributed by atoms with Crippen LogP contribution in [0.3, 0.4) is 0 Å². The molecule has 0 aliphatic carbocycles. The number of rotatable bonds is 3. The first kappa shape index (κ1) is 10.2. The van der Waals surface area contributed by atoms with Crippen molar-refractivity contribution in [2.24, 2.45) is 0 Å². The van der Waals surface area contributed by atoms with Crippen LogP contribution in [0.4, 0.5) is 4.39 Å². The molecule has 0 aliphatic heterocycles. The number of allylic oxidation sites excluding steroid dienone is 2. The molecule has 0 radical (unpaired) electrons. The molecule has 0 aromatic rings. The van der Waals surface area contributed by atoms with Gasteiger partial charge in [0, 0.05) is 0 Å². The first-order valence-electron chi connectivity index (χ1n) is 3.64. The highest BCUT2D eigenvalue weighted by molar-refractivity contribution is 5.22. The van der Waals surface area contributed by atoms with Gasteiger partial charge in [0.25, 0.3) is 0 Å². The average Bonchev–Trinajstić information content (AvgIpc) is 1.81. The summed E-state index contributed by atoms with van der Waals surface area (Å²) in [7, 11) is 0. The maximum atomic E-state index is 12.7. The predicted molar refractivity (Wildman–Crippen MR) is 44.8 cm³/mol. The van der Waals surface area contributed by atoms with E-state index in [2.05, 4.69) is 6.58 Å². The lowest BCUT2D eigenvalue weighted by atomic mass is 10.2. The van der Waals surface area contributed by atoms with Crippen molar-refractivity contribution >= 4 is 0 Å². The van der Waals surface area contributed by atoms with E-state index in [0.29, 0.717) is 5.57 Å². The van der Waals surface area contributed by atoms with E-state index >= 15 is 0 Å². The van der Waals surface area contributed by atoms with Crippen molar-refractivity contribution in [2.45, 2.75) is 33.8 Å². The third-order valence-electron chi connectivity index (χ3n) is 1.05. The highest BCUT2D eigenvalue weighted by atomic mass is 19.1. The second-order valence-electron chi connectivity index (χ2n) is 2.81. The minimum atomic E-state index is -0.314. The van der Waals surface area contributed by atoms with E-state index in [-0.39, 0.29) is 17.7 Å². The van der Waals surface area contributed by atoms with Crippen molar-refractivity contribution in [1.29, 1.82) is 0 Å². The second kappa shape index (κ2) is 4.16. The van der Waals surface area contributed by atoms with E-state index in [4.69, 9.17) is 4.74 Å². The maximum Gasteiger partial charge on any atom is 0.153 e. The summed E-state index contributed by atoms with van der Waals surface area (Å²) in [5, 5.41) is 0. The van der Waals surface area contributed by atoms with Crippen molar-refractivity contribution in [2.75, 3.05) is 0 Å². The van der Waals surface area contributed by atoms with Gasteiger partial charge in [-0.3, -0.25) is 0 Å². The smallest absolute Gasteiger partial charge is 0.153 e. The first-order chi connectivity index (χ1) is 4.95. The van der Waals surface area contributed by atoms with Gasteiger partial charge in [0.2, 0.25) is 0 Å². The summed E-state index contributed by atoms with van der Waals surface area (Å²) in [6, 6.07) is 0. The zero-order valence-corrected chi connectivity index (χ0v) is 7.57. The molecule has 0 atom stereocenters. The van der Waals surface area contributed by atoms with Crippen LogP contribution in [0, 0.1) is 0 Å². The lowest BCUT2D eigenvalue weighted by Gasteiger charge is -2.13. The second-order valence-corrected chi connectivity index (χ2v) is 2.81. The van der Waals surface area contributed by atoms with Crippen molar-refractivity contribution < 1.29 is 9.13 Å². The molecule has 0 fully saturated rings. The van der Waals surface area contributed by atoms with Gasteiger partial charge in [0.05, 0.1) is 6.10 Å². The monoisotopic (exact) mass is 158 g/mol. The normalized spacial score (nSPS) is 12.9. The minimum absolute atomic E-state index is 0.00704. The van der Waals surface area contributed by atoms with E-state index < -0.39 is 0 Å². The SMILES string of the molecule is C=C(C)C(OC(C)C)=C(C)F. The fraction of sp³-hybridized carbons (Fsp3) is 0.556. The minimum Gasteiger partial charge on any atom is -0.488 e. The molecule has 0 aliphatic rings. The molecule has 11 heavy (non-hydrogen) atoms. The lowest BCUT2D eigenvalue weighted by molar-refractivity contribution is 0.146. The lowest BCUT2D eigenvalue weighted by Crippen LogP contribution is -2.03. The third kappa shape index (κ3) is 3.81. The van der Waals surface area contributed by atoms with Gasteiger partial charge in [0.15, 0.2) is 5.76 Å². The Morgan fingerprint density at radius 1 is 1.36 bits per heavy atom. The Bertz CT molecular complexity index is 176. The Balaban J connectivity index is 4.39. The van der Waals surface area contributed by atoms with Crippen LogP contribution >= 0.6 is 0 Å². The van der Waals surface area contributed by atoms with Gasteiger partial charge in [-0.1, -0.05) is 6.58 Å². The van der Waals surface area contributed by atoms with Crippen LogP contribution in [-0.4, -0.2) is 6.10 Å². The van der Waals surface area contributed by atoms with E-state index in [9.17, 15) is 4.39 Å². The summed E-state index contributed by atoms with van der Waals surface area (Å²) >= 11 is 0. The topological polar surface area (TPSA) is 9.23 Å². The molecule has 64 valence electrons. The van der Waals surface area contributed by atoms with E-state index in [1.165, 1.54) is 6.92 Å². The summed E-state index contributed by atoms with van der Waals surface area (Å²) in [6.45, 7) is 10.4. The van der Waals surface area contributed by atoms with Crippen LogP contribution in [0.25, 0.3) is 0 Å². The van der Waals surface area contributed by atoms with Crippen LogP contribution in [0.1, 0.15) is 27.7 Å². The fourth-order valence-corrected chi connectivity index (χ4v) is 0.712. The molecule has 0 unspecified atom stereocenters. The zero-order valence-electron chi connectivity index (χ0n) is 7.57. The summed E-state index contributed by atoms with van der Waals surface area (Å²) in [5.74, 6) is -0.0359. The zero-order chi connectivity index (χ0) is 9.02. The molecule has 0 spiro atoms. The fourth-order valence-electron chi connectivity index (χ4n) is 0.712. The van der Waals surface area contributed by atoms with E-state index in [1.807, 2.05) is 13.8 Å². The molecule has 2 heteroatoms. The molecule has 0 aromatic heterocycles. The molecular formula is C9H15FO. The molecule has 0 heterocycles. The Morgan fingerprint density at radius 3 is 1.91 bits per heavy atom. The van der Waals surface area contributed by atoms with Crippen LogP contribution in [0.2, 0.25) is 0 Å². The molecule has 0 amide bonds. The quantitative estimate of drug-likeness (QED) is 0.452.